The van der Waals surface area contributed by atoms with E-state index in [0.717, 1.165) is 26.1 Å². The van der Waals surface area contributed by atoms with Crippen LogP contribution >= 0.6 is 0 Å². The van der Waals surface area contributed by atoms with E-state index in [2.05, 4.69) is 76.2 Å². The maximum Gasteiger partial charge on any atom is 0.223 e. The SMILES string of the molecule is CCCCC(CC)COC1(OCC(CC)CCCC)c2ccccc2-c2ccccc21. The predicted octanol–water partition coefficient (Wildman–Crippen LogP) is 8.33. The highest BCUT2D eigenvalue weighted by molar-refractivity contribution is 5.79. The molecule has 0 amide bonds. The molecule has 0 spiro atoms. The Morgan fingerprint density at radius 2 is 1.06 bits per heavy atom. The molecule has 2 unspecified atom stereocenters. The summed E-state index contributed by atoms with van der Waals surface area (Å²) in [6.45, 7) is 10.6. The van der Waals surface area contributed by atoms with E-state index in [4.69, 9.17) is 9.47 Å². The fourth-order valence-electron chi connectivity index (χ4n) is 4.77. The number of unbranched alkanes of at least 4 members (excludes halogenated alkanes) is 2. The van der Waals surface area contributed by atoms with Crippen molar-refractivity contribution in [3.05, 3.63) is 59.7 Å². The van der Waals surface area contributed by atoms with Crippen LogP contribution in [-0.2, 0) is 15.3 Å². The van der Waals surface area contributed by atoms with Crippen molar-refractivity contribution in [3.8, 4) is 11.1 Å². The van der Waals surface area contributed by atoms with E-state index < -0.39 is 5.79 Å². The Kier molecular flexibility index (Phi) is 9.16. The molecule has 0 radical (unpaired) electrons. The van der Waals surface area contributed by atoms with Crippen molar-refractivity contribution in [1.29, 1.82) is 0 Å². The molecular weight excluding hydrogens is 380 g/mol. The molecule has 0 saturated heterocycles. The summed E-state index contributed by atoms with van der Waals surface area (Å²) < 4.78 is 13.7. The zero-order valence-electron chi connectivity index (χ0n) is 20.2. The van der Waals surface area contributed by atoms with Crippen LogP contribution in [0.15, 0.2) is 48.5 Å². The van der Waals surface area contributed by atoms with Crippen molar-refractivity contribution < 1.29 is 9.47 Å². The molecule has 170 valence electrons. The molecule has 31 heavy (non-hydrogen) atoms. The number of benzene rings is 2. The molecule has 2 atom stereocenters. The minimum Gasteiger partial charge on any atom is -0.342 e. The highest BCUT2D eigenvalue weighted by atomic mass is 16.7. The van der Waals surface area contributed by atoms with Gasteiger partial charge in [-0.05, 0) is 35.8 Å². The number of fused-ring (bicyclic) bond motifs is 3. The van der Waals surface area contributed by atoms with E-state index in [0.29, 0.717) is 11.8 Å². The van der Waals surface area contributed by atoms with E-state index in [1.165, 1.54) is 60.8 Å². The molecule has 0 heterocycles. The average molecular weight is 423 g/mol. The summed E-state index contributed by atoms with van der Waals surface area (Å²) in [5.41, 5.74) is 4.85. The molecule has 0 fully saturated rings. The summed E-state index contributed by atoms with van der Waals surface area (Å²) in [6.07, 6.45) is 9.73. The molecule has 0 aromatic heterocycles. The Morgan fingerprint density at radius 1 is 0.645 bits per heavy atom. The Bertz CT molecular complexity index is 729. The van der Waals surface area contributed by atoms with E-state index in [1.54, 1.807) is 0 Å². The van der Waals surface area contributed by atoms with Gasteiger partial charge in [0.25, 0.3) is 0 Å². The summed E-state index contributed by atoms with van der Waals surface area (Å²) >= 11 is 0. The van der Waals surface area contributed by atoms with Gasteiger partial charge in [0.15, 0.2) is 0 Å². The van der Waals surface area contributed by atoms with Crippen molar-refractivity contribution in [1.82, 2.24) is 0 Å². The molecule has 0 bridgehead atoms. The maximum atomic E-state index is 6.87. The summed E-state index contributed by atoms with van der Waals surface area (Å²) in [4.78, 5) is 0. The standard InChI is InChI=1S/C29H42O2/c1-5-9-15-23(7-3)21-30-29(31-22-24(8-4)16-10-6-2)27-19-13-11-17-25(27)26-18-12-14-20-28(26)29/h11-14,17-20,23-24H,5-10,15-16,21-22H2,1-4H3. The van der Waals surface area contributed by atoms with Crippen LogP contribution in [0.1, 0.15) is 90.2 Å². The lowest BCUT2D eigenvalue weighted by atomic mass is 9.98. The molecular formula is C29H42O2. The normalized spacial score (nSPS) is 16.0. The first kappa shape index (κ1) is 24.0. The topological polar surface area (TPSA) is 18.5 Å². The van der Waals surface area contributed by atoms with Gasteiger partial charge in [0.05, 0.1) is 13.2 Å². The van der Waals surface area contributed by atoms with E-state index >= 15 is 0 Å². The lowest BCUT2D eigenvalue weighted by Crippen LogP contribution is -2.36. The van der Waals surface area contributed by atoms with Crippen molar-refractivity contribution in [3.63, 3.8) is 0 Å². The molecule has 1 aliphatic rings. The third-order valence-electron chi connectivity index (χ3n) is 6.98. The third-order valence-corrected chi connectivity index (χ3v) is 6.98. The van der Waals surface area contributed by atoms with Gasteiger partial charge < -0.3 is 9.47 Å². The third kappa shape index (κ3) is 5.41. The van der Waals surface area contributed by atoms with Gasteiger partial charge in [-0.2, -0.15) is 0 Å². The first-order chi connectivity index (χ1) is 15.2. The Labute approximate surface area is 190 Å². The van der Waals surface area contributed by atoms with Gasteiger partial charge in [-0.25, -0.2) is 0 Å². The lowest BCUT2D eigenvalue weighted by molar-refractivity contribution is -0.228. The van der Waals surface area contributed by atoms with Crippen molar-refractivity contribution in [2.45, 2.75) is 84.8 Å². The van der Waals surface area contributed by atoms with Gasteiger partial charge in [0, 0.05) is 11.1 Å². The van der Waals surface area contributed by atoms with Gasteiger partial charge in [-0.1, -0.05) is 115 Å². The molecule has 2 aromatic carbocycles. The summed E-state index contributed by atoms with van der Waals surface area (Å²) in [5.74, 6) is 0.358. The maximum absolute atomic E-state index is 6.87. The highest BCUT2D eigenvalue weighted by Crippen LogP contribution is 2.50. The van der Waals surface area contributed by atoms with Gasteiger partial charge in [-0.15, -0.1) is 0 Å². The first-order valence-electron chi connectivity index (χ1n) is 12.7. The minimum atomic E-state index is -0.785. The second kappa shape index (κ2) is 11.8. The smallest absolute Gasteiger partial charge is 0.223 e. The minimum absolute atomic E-state index is 0.572. The van der Waals surface area contributed by atoms with Crippen molar-refractivity contribution in [2.75, 3.05) is 13.2 Å². The van der Waals surface area contributed by atoms with Gasteiger partial charge >= 0.3 is 0 Å². The van der Waals surface area contributed by atoms with Crippen LogP contribution in [0, 0.1) is 11.8 Å². The number of hydrogen-bond acceptors (Lipinski definition) is 2. The van der Waals surface area contributed by atoms with Crippen LogP contribution in [0.25, 0.3) is 11.1 Å². The molecule has 3 rings (SSSR count). The van der Waals surface area contributed by atoms with Crippen LogP contribution in [0.2, 0.25) is 0 Å². The quantitative estimate of drug-likeness (QED) is 0.285. The Morgan fingerprint density at radius 3 is 1.45 bits per heavy atom. The predicted molar refractivity (Wildman–Crippen MR) is 131 cm³/mol. The average Bonchev–Trinajstić information content (AvgIpc) is 3.10. The molecule has 0 aliphatic heterocycles. The summed E-state index contributed by atoms with van der Waals surface area (Å²) in [6, 6.07) is 17.3. The van der Waals surface area contributed by atoms with Crippen LogP contribution < -0.4 is 0 Å². The zero-order chi connectivity index (χ0) is 22.1. The van der Waals surface area contributed by atoms with E-state index in [-0.39, 0.29) is 0 Å². The highest BCUT2D eigenvalue weighted by Gasteiger charge is 2.46. The second-order valence-corrected chi connectivity index (χ2v) is 9.16. The van der Waals surface area contributed by atoms with Gasteiger partial charge in [0.1, 0.15) is 0 Å². The summed E-state index contributed by atoms with van der Waals surface area (Å²) in [5, 5.41) is 0. The van der Waals surface area contributed by atoms with Crippen molar-refractivity contribution >= 4 is 0 Å². The molecule has 0 N–H and O–H groups in total. The van der Waals surface area contributed by atoms with Crippen LogP contribution in [0.5, 0.6) is 0 Å². The van der Waals surface area contributed by atoms with Crippen LogP contribution in [-0.4, -0.2) is 13.2 Å². The van der Waals surface area contributed by atoms with Crippen molar-refractivity contribution in [2.24, 2.45) is 11.8 Å². The first-order valence-corrected chi connectivity index (χ1v) is 12.7. The van der Waals surface area contributed by atoms with Gasteiger partial charge in [0.2, 0.25) is 5.79 Å². The fourth-order valence-corrected chi connectivity index (χ4v) is 4.77. The lowest BCUT2D eigenvalue weighted by Gasteiger charge is -2.35. The molecule has 2 nitrogen and oxygen atoms in total. The van der Waals surface area contributed by atoms with Crippen LogP contribution in [0.3, 0.4) is 0 Å². The largest absolute Gasteiger partial charge is 0.342 e. The number of ether oxygens (including phenoxy) is 2. The van der Waals surface area contributed by atoms with Gasteiger partial charge in [-0.3, -0.25) is 0 Å². The Balaban J connectivity index is 1.93. The molecule has 2 heteroatoms. The number of rotatable bonds is 14. The molecule has 0 saturated carbocycles. The number of hydrogen-bond donors (Lipinski definition) is 0. The molecule has 2 aromatic rings. The molecule has 1 aliphatic carbocycles. The fraction of sp³-hybridized carbons (Fsp3) is 0.586. The second-order valence-electron chi connectivity index (χ2n) is 9.16. The zero-order valence-corrected chi connectivity index (χ0v) is 20.2. The van der Waals surface area contributed by atoms with E-state index in [1.807, 2.05) is 0 Å². The van der Waals surface area contributed by atoms with Crippen LogP contribution in [0.4, 0.5) is 0 Å². The van der Waals surface area contributed by atoms with E-state index in [9.17, 15) is 0 Å². The monoisotopic (exact) mass is 422 g/mol. The summed E-state index contributed by atoms with van der Waals surface area (Å²) in [7, 11) is 0. The Hall–Kier alpha value is -1.64.